The molecule has 2 nitrogen and oxygen atoms in total. The van der Waals surface area contributed by atoms with E-state index in [-0.39, 0.29) is 6.04 Å². The van der Waals surface area contributed by atoms with Crippen LogP contribution in [0.1, 0.15) is 38.2 Å². The topological polar surface area (TPSA) is 35.8 Å². The monoisotopic (exact) mass is 242 g/mol. The van der Waals surface area contributed by atoms with Crippen LogP contribution in [0.2, 0.25) is 0 Å². The summed E-state index contributed by atoms with van der Waals surface area (Å²) in [7, 11) is 0. The quantitative estimate of drug-likeness (QED) is 0.865. The molecule has 1 saturated carbocycles. The highest BCUT2D eigenvalue weighted by Gasteiger charge is 2.26. The molecule has 0 spiro atoms. The molecule has 2 rings (SSSR count). The van der Waals surface area contributed by atoms with E-state index in [1.54, 1.807) is 0 Å². The first-order chi connectivity index (χ1) is 8.70. The van der Waals surface area contributed by atoms with Crippen LogP contribution in [0.3, 0.4) is 0 Å². The summed E-state index contributed by atoms with van der Waals surface area (Å²) in [4.78, 5) is 0. The van der Waals surface area contributed by atoms with Gasteiger partial charge in [0.15, 0.2) is 0 Å². The second kappa shape index (κ2) is 5.91. The smallest absolute Gasteiger partial charge is 0.117 e. The number of aryl methyl sites for hydroxylation is 1. The van der Waals surface area contributed by atoms with Crippen molar-refractivity contribution in [2.24, 2.45) is 11.8 Å². The molecule has 1 aliphatic carbocycles. The Morgan fingerprint density at radius 1 is 1.33 bits per heavy atom. The van der Waals surface area contributed by atoms with Crippen molar-refractivity contribution in [1.29, 1.82) is 5.26 Å². The Bertz CT molecular complexity index is 433. The summed E-state index contributed by atoms with van der Waals surface area (Å²) in [5.41, 5.74) is 2.31. The first-order valence-corrected chi connectivity index (χ1v) is 6.92. The van der Waals surface area contributed by atoms with Gasteiger partial charge in [-0.3, -0.25) is 0 Å². The SMILES string of the molecule is Cc1ccccc1NC(C#N)C1CCCC(C)C1. The maximum Gasteiger partial charge on any atom is 0.117 e. The molecule has 0 heterocycles. The maximum atomic E-state index is 9.40. The molecule has 1 N–H and O–H groups in total. The van der Waals surface area contributed by atoms with Crippen molar-refractivity contribution >= 4 is 5.69 Å². The summed E-state index contributed by atoms with van der Waals surface area (Å²) in [6.45, 7) is 4.38. The minimum Gasteiger partial charge on any atom is -0.369 e. The van der Waals surface area contributed by atoms with Gasteiger partial charge < -0.3 is 5.32 Å². The Balaban J connectivity index is 2.06. The van der Waals surface area contributed by atoms with Gasteiger partial charge in [0, 0.05) is 5.69 Å². The molecule has 1 aromatic carbocycles. The average Bonchev–Trinajstić information content (AvgIpc) is 2.38. The summed E-state index contributed by atoms with van der Waals surface area (Å²) in [5, 5.41) is 12.8. The predicted molar refractivity (Wildman–Crippen MR) is 75.3 cm³/mol. The van der Waals surface area contributed by atoms with Gasteiger partial charge in [0.1, 0.15) is 6.04 Å². The standard InChI is InChI=1S/C16H22N2/c1-12-6-5-8-14(10-12)16(11-17)18-15-9-4-3-7-13(15)2/h3-4,7,9,12,14,16,18H,5-6,8,10H2,1-2H3. The fourth-order valence-corrected chi connectivity index (χ4v) is 2.94. The van der Waals surface area contributed by atoms with Gasteiger partial charge in [0.05, 0.1) is 6.07 Å². The molecule has 0 aliphatic heterocycles. The fraction of sp³-hybridized carbons (Fsp3) is 0.562. The van der Waals surface area contributed by atoms with Crippen molar-refractivity contribution in [2.45, 2.75) is 45.6 Å². The molecule has 3 atom stereocenters. The molecular formula is C16H22N2. The second-order valence-corrected chi connectivity index (χ2v) is 5.60. The molecule has 0 amide bonds. The molecule has 3 unspecified atom stereocenters. The van der Waals surface area contributed by atoms with Crippen LogP contribution in [0.4, 0.5) is 5.69 Å². The van der Waals surface area contributed by atoms with Crippen molar-refractivity contribution in [1.82, 2.24) is 0 Å². The molecule has 18 heavy (non-hydrogen) atoms. The lowest BCUT2D eigenvalue weighted by molar-refractivity contribution is 0.274. The number of nitrogens with zero attached hydrogens (tertiary/aromatic N) is 1. The average molecular weight is 242 g/mol. The summed E-state index contributed by atoms with van der Waals surface area (Å²) in [5.74, 6) is 1.26. The van der Waals surface area contributed by atoms with Gasteiger partial charge in [-0.15, -0.1) is 0 Å². The number of rotatable bonds is 3. The Morgan fingerprint density at radius 2 is 2.11 bits per heavy atom. The summed E-state index contributed by atoms with van der Waals surface area (Å²) < 4.78 is 0. The minimum atomic E-state index is -0.0474. The van der Waals surface area contributed by atoms with Crippen molar-refractivity contribution in [3.63, 3.8) is 0 Å². The summed E-state index contributed by atoms with van der Waals surface area (Å²) in [6, 6.07) is 10.6. The van der Waals surface area contributed by atoms with E-state index in [9.17, 15) is 5.26 Å². The fourth-order valence-electron chi connectivity index (χ4n) is 2.94. The van der Waals surface area contributed by atoms with Gasteiger partial charge in [-0.05, 0) is 43.2 Å². The predicted octanol–water partition coefficient (Wildman–Crippen LogP) is 4.13. The minimum absolute atomic E-state index is 0.0474. The van der Waals surface area contributed by atoms with Crippen LogP contribution in [0, 0.1) is 30.1 Å². The van der Waals surface area contributed by atoms with Crippen LogP contribution in [0.15, 0.2) is 24.3 Å². The third-order valence-electron chi connectivity index (χ3n) is 4.04. The lowest BCUT2D eigenvalue weighted by Gasteiger charge is -2.31. The lowest BCUT2D eigenvalue weighted by atomic mass is 9.79. The lowest BCUT2D eigenvalue weighted by Crippen LogP contribution is -2.31. The normalized spacial score (nSPS) is 25.2. The van der Waals surface area contributed by atoms with Crippen LogP contribution in [-0.4, -0.2) is 6.04 Å². The largest absolute Gasteiger partial charge is 0.369 e. The first-order valence-electron chi connectivity index (χ1n) is 6.92. The molecule has 1 aromatic rings. The van der Waals surface area contributed by atoms with Gasteiger partial charge >= 0.3 is 0 Å². The van der Waals surface area contributed by atoms with E-state index in [1.165, 1.54) is 31.2 Å². The number of hydrogen-bond acceptors (Lipinski definition) is 2. The van der Waals surface area contributed by atoms with Crippen LogP contribution in [0.25, 0.3) is 0 Å². The number of benzene rings is 1. The van der Waals surface area contributed by atoms with Crippen LogP contribution in [0.5, 0.6) is 0 Å². The zero-order chi connectivity index (χ0) is 13.0. The van der Waals surface area contributed by atoms with E-state index < -0.39 is 0 Å². The number of nitriles is 1. The Kier molecular flexibility index (Phi) is 4.25. The van der Waals surface area contributed by atoms with Gasteiger partial charge in [0.25, 0.3) is 0 Å². The number of anilines is 1. The van der Waals surface area contributed by atoms with Gasteiger partial charge in [-0.25, -0.2) is 0 Å². The number of hydrogen-bond donors (Lipinski definition) is 1. The highest BCUT2D eigenvalue weighted by Crippen LogP contribution is 2.32. The van der Waals surface area contributed by atoms with E-state index in [1.807, 2.05) is 12.1 Å². The zero-order valence-corrected chi connectivity index (χ0v) is 11.3. The van der Waals surface area contributed by atoms with Gasteiger partial charge in [0.2, 0.25) is 0 Å². The highest BCUT2D eigenvalue weighted by atomic mass is 14.9. The van der Waals surface area contributed by atoms with E-state index in [4.69, 9.17) is 0 Å². The van der Waals surface area contributed by atoms with E-state index in [2.05, 4.69) is 37.4 Å². The third-order valence-corrected chi connectivity index (χ3v) is 4.04. The highest BCUT2D eigenvalue weighted by molar-refractivity contribution is 5.52. The molecule has 1 aliphatic rings. The van der Waals surface area contributed by atoms with Crippen molar-refractivity contribution < 1.29 is 0 Å². The molecule has 0 aromatic heterocycles. The van der Waals surface area contributed by atoms with Crippen molar-refractivity contribution in [2.75, 3.05) is 5.32 Å². The summed E-state index contributed by atoms with van der Waals surface area (Å²) in [6.07, 6.45) is 4.94. The third kappa shape index (κ3) is 3.04. The molecule has 0 bridgehead atoms. The second-order valence-electron chi connectivity index (χ2n) is 5.60. The van der Waals surface area contributed by atoms with Gasteiger partial charge in [-0.2, -0.15) is 5.26 Å². The van der Waals surface area contributed by atoms with Crippen LogP contribution >= 0.6 is 0 Å². The molecule has 0 saturated heterocycles. The van der Waals surface area contributed by atoms with E-state index in [0.717, 1.165) is 11.6 Å². The first kappa shape index (κ1) is 13.0. The molecule has 0 radical (unpaired) electrons. The van der Waals surface area contributed by atoms with E-state index in [0.29, 0.717) is 5.92 Å². The Morgan fingerprint density at radius 3 is 2.78 bits per heavy atom. The van der Waals surface area contributed by atoms with E-state index >= 15 is 0 Å². The van der Waals surface area contributed by atoms with Crippen LogP contribution < -0.4 is 5.32 Å². The molecule has 2 heteroatoms. The molecular weight excluding hydrogens is 220 g/mol. The van der Waals surface area contributed by atoms with Crippen molar-refractivity contribution in [3.8, 4) is 6.07 Å². The summed E-state index contributed by atoms with van der Waals surface area (Å²) >= 11 is 0. The maximum absolute atomic E-state index is 9.40. The number of nitrogens with one attached hydrogen (secondary N) is 1. The van der Waals surface area contributed by atoms with Gasteiger partial charge in [-0.1, -0.05) is 38.0 Å². The number of para-hydroxylation sites is 1. The zero-order valence-electron chi connectivity index (χ0n) is 11.3. The molecule has 96 valence electrons. The molecule has 1 fully saturated rings. The Hall–Kier alpha value is -1.49. The Labute approximate surface area is 110 Å². The van der Waals surface area contributed by atoms with Crippen LogP contribution in [-0.2, 0) is 0 Å². The van der Waals surface area contributed by atoms with Crippen molar-refractivity contribution in [3.05, 3.63) is 29.8 Å².